The number of nitrogens with two attached hydrogens (primary N) is 1. The number of benzene rings is 1. The summed E-state index contributed by atoms with van der Waals surface area (Å²) in [6, 6.07) is 6.26. The van der Waals surface area contributed by atoms with Crippen molar-refractivity contribution in [3.05, 3.63) is 23.8 Å². The number of nitrogens with zero attached hydrogens (tertiary/aromatic N) is 1. The summed E-state index contributed by atoms with van der Waals surface area (Å²) in [4.78, 5) is 2.27. The minimum absolute atomic E-state index is 0.564. The molecule has 1 aliphatic heterocycles. The topological polar surface area (TPSA) is 38.5 Å². The number of fused-ring (bicyclic) bond motifs is 1. The van der Waals surface area contributed by atoms with Gasteiger partial charge in [0.1, 0.15) is 5.75 Å². The second kappa shape index (κ2) is 4.11. The molecule has 82 valence electrons. The number of anilines is 1. The molecule has 0 radical (unpaired) electrons. The molecule has 0 saturated carbocycles. The van der Waals surface area contributed by atoms with Crippen LogP contribution >= 0.6 is 0 Å². The molecular weight excluding hydrogens is 188 g/mol. The summed E-state index contributed by atoms with van der Waals surface area (Å²) in [7, 11) is 3.82. The smallest absolute Gasteiger partial charge is 0.119 e. The van der Waals surface area contributed by atoms with Crippen LogP contribution in [0.25, 0.3) is 0 Å². The second-order valence-corrected chi connectivity index (χ2v) is 4.18. The summed E-state index contributed by atoms with van der Waals surface area (Å²) >= 11 is 0. The van der Waals surface area contributed by atoms with E-state index in [2.05, 4.69) is 24.1 Å². The molecule has 0 amide bonds. The van der Waals surface area contributed by atoms with Crippen LogP contribution in [-0.4, -0.2) is 27.2 Å². The van der Waals surface area contributed by atoms with E-state index in [-0.39, 0.29) is 0 Å². The predicted octanol–water partition coefficient (Wildman–Crippen LogP) is 1.26. The van der Waals surface area contributed by atoms with E-state index in [9.17, 15) is 0 Å². The van der Waals surface area contributed by atoms with Crippen molar-refractivity contribution in [1.29, 1.82) is 0 Å². The van der Waals surface area contributed by atoms with Crippen LogP contribution in [0.5, 0.6) is 5.75 Å². The summed E-state index contributed by atoms with van der Waals surface area (Å²) < 4.78 is 5.23. The number of hydrogen-bond acceptors (Lipinski definition) is 3. The Morgan fingerprint density at radius 3 is 3.00 bits per heavy atom. The average Bonchev–Trinajstić information content (AvgIpc) is 2.28. The molecule has 0 saturated heterocycles. The van der Waals surface area contributed by atoms with Gasteiger partial charge >= 0.3 is 0 Å². The van der Waals surface area contributed by atoms with Gasteiger partial charge in [0, 0.05) is 19.3 Å². The summed E-state index contributed by atoms with van der Waals surface area (Å²) in [6.45, 7) is 1.80. The van der Waals surface area contributed by atoms with Gasteiger partial charge in [-0.15, -0.1) is 0 Å². The van der Waals surface area contributed by atoms with Crippen molar-refractivity contribution in [3.63, 3.8) is 0 Å². The molecule has 2 N–H and O–H groups in total. The van der Waals surface area contributed by atoms with Crippen molar-refractivity contribution in [1.82, 2.24) is 0 Å². The molecule has 0 spiro atoms. The van der Waals surface area contributed by atoms with Crippen molar-refractivity contribution in [2.45, 2.75) is 6.42 Å². The Balaban J connectivity index is 2.33. The lowest BCUT2D eigenvalue weighted by Gasteiger charge is -2.33. The van der Waals surface area contributed by atoms with Crippen molar-refractivity contribution in [2.24, 2.45) is 11.7 Å². The molecule has 0 fully saturated rings. The first-order valence-corrected chi connectivity index (χ1v) is 5.32. The molecule has 1 heterocycles. The minimum Gasteiger partial charge on any atom is -0.497 e. The first-order valence-electron chi connectivity index (χ1n) is 5.32. The molecule has 1 aromatic rings. The molecule has 0 aliphatic carbocycles. The van der Waals surface area contributed by atoms with Crippen LogP contribution in [0.15, 0.2) is 18.2 Å². The fraction of sp³-hybridized carbons (Fsp3) is 0.500. The zero-order chi connectivity index (χ0) is 10.8. The van der Waals surface area contributed by atoms with Gasteiger partial charge in [-0.3, -0.25) is 0 Å². The molecule has 0 unspecified atom stereocenters. The lowest BCUT2D eigenvalue weighted by Crippen LogP contribution is -2.36. The van der Waals surface area contributed by atoms with E-state index in [1.54, 1.807) is 7.11 Å². The Morgan fingerprint density at radius 1 is 1.53 bits per heavy atom. The van der Waals surface area contributed by atoms with E-state index in [1.807, 2.05) is 6.07 Å². The van der Waals surface area contributed by atoms with E-state index in [0.29, 0.717) is 5.92 Å². The van der Waals surface area contributed by atoms with Gasteiger partial charge < -0.3 is 15.4 Å². The number of methoxy groups -OCH3 is 1. The van der Waals surface area contributed by atoms with Crippen LogP contribution in [-0.2, 0) is 6.42 Å². The van der Waals surface area contributed by atoms with Gasteiger partial charge in [0.05, 0.1) is 7.11 Å². The maximum Gasteiger partial charge on any atom is 0.119 e. The van der Waals surface area contributed by atoms with Crippen LogP contribution in [0.4, 0.5) is 5.69 Å². The summed E-state index contributed by atoms with van der Waals surface area (Å²) in [5.74, 6) is 1.49. The highest BCUT2D eigenvalue weighted by Crippen LogP contribution is 2.31. The van der Waals surface area contributed by atoms with Crippen LogP contribution < -0.4 is 15.4 Å². The fourth-order valence-corrected chi connectivity index (χ4v) is 2.24. The van der Waals surface area contributed by atoms with Crippen LogP contribution in [0.3, 0.4) is 0 Å². The molecule has 3 heteroatoms. The second-order valence-electron chi connectivity index (χ2n) is 4.18. The van der Waals surface area contributed by atoms with Gasteiger partial charge in [-0.25, -0.2) is 0 Å². The average molecular weight is 206 g/mol. The zero-order valence-corrected chi connectivity index (χ0v) is 9.36. The molecule has 1 aromatic carbocycles. The number of ether oxygens (including phenoxy) is 1. The zero-order valence-electron chi connectivity index (χ0n) is 9.36. The summed E-state index contributed by atoms with van der Waals surface area (Å²) in [6.07, 6.45) is 1.06. The van der Waals surface area contributed by atoms with Gasteiger partial charge in [-0.2, -0.15) is 0 Å². The Labute approximate surface area is 90.8 Å². The summed E-state index contributed by atoms with van der Waals surface area (Å²) in [5.41, 5.74) is 8.39. The fourth-order valence-electron chi connectivity index (χ4n) is 2.24. The largest absolute Gasteiger partial charge is 0.497 e. The molecule has 15 heavy (non-hydrogen) atoms. The Hall–Kier alpha value is -1.22. The normalized spacial score (nSPS) is 19.9. The van der Waals surface area contributed by atoms with Crippen molar-refractivity contribution < 1.29 is 4.74 Å². The van der Waals surface area contributed by atoms with E-state index < -0.39 is 0 Å². The third kappa shape index (κ3) is 1.92. The highest BCUT2D eigenvalue weighted by Gasteiger charge is 2.21. The maximum absolute atomic E-state index is 5.74. The minimum atomic E-state index is 0.564. The first kappa shape index (κ1) is 10.3. The van der Waals surface area contributed by atoms with E-state index in [4.69, 9.17) is 10.5 Å². The monoisotopic (exact) mass is 206 g/mol. The first-order chi connectivity index (χ1) is 7.24. The van der Waals surface area contributed by atoms with Crippen molar-refractivity contribution in [2.75, 3.05) is 32.1 Å². The lowest BCUT2D eigenvalue weighted by atomic mass is 9.93. The van der Waals surface area contributed by atoms with Gasteiger partial charge in [0.2, 0.25) is 0 Å². The SMILES string of the molecule is COc1ccc2c(c1)C[C@@H](CN)CN2C. The third-order valence-electron chi connectivity index (χ3n) is 3.07. The van der Waals surface area contributed by atoms with Crippen LogP contribution in [0.2, 0.25) is 0 Å². The van der Waals surface area contributed by atoms with Crippen molar-refractivity contribution >= 4 is 5.69 Å². The lowest BCUT2D eigenvalue weighted by molar-refractivity contribution is 0.413. The molecule has 3 nitrogen and oxygen atoms in total. The Bertz CT molecular complexity index is 351. The summed E-state index contributed by atoms with van der Waals surface area (Å²) in [5, 5.41) is 0. The highest BCUT2D eigenvalue weighted by atomic mass is 16.5. The van der Waals surface area contributed by atoms with E-state index in [0.717, 1.165) is 25.3 Å². The molecular formula is C12H18N2O. The van der Waals surface area contributed by atoms with Crippen molar-refractivity contribution in [3.8, 4) is 5.75 Å². The molecule has 2 rings (SSSR count). The Morgan fingerprint density at radius 2 is 2.33 bits per heavy atom. The number of hydrogen-bond donors (Lipinski definition) is 1. The van der Waals surface area contributed by atoms with Crippen LogP contribution in [0.1, 0.15) is 5.56 Å². The van der Waals surface area contributed by atoms with Gasteiger partial charge in [0.25, 0.3) is 0 Å². The van der Waals surface area contributed by atoms with Crippen LogP contribution in [0, 0.1) is 5.92 Å². The molecule has 1 atom stereocenters. The molecule has 1 aliphatic rings. The predicted molar refractivity (Wildman–Crippen MR) is 62.5 cm³/mol. The van der Waals surface area contributed by atoms with Gasteiger partial charge in [0.15, 0.2) is 0 Å². The highest BCUT2D eigenvalue weighted by molar-refractivity contribution is 5.57. The molecule has 0 bridgehead atoms. The van der Waals surface area contributed by atoms with Gasteiger partial charge in [-0.1, -0.05) is 0 Å². The maximum atomic E-state index is 5.74. The standard InChI is InChI=1S/C12H18N2O/c1-14-8-9(7-13)5-10-6-11(15-2)3-4-12(10)14/h3-4,6,9H,5,7-8,13H2,1-2H3/t9-/m0/s1. The van der Waals surface area contributed by atoms with Gasteiger partial charge in [-0.05, 0) is 42.6 Å². The Kier molecular flexibility index (Phi) is 2.82. The third-order valence-corrected chi connectivity index (χ3v) is 3.07. The van der Waals surface area contributed by atoms with E-state index >= 15 is 0 Å². The number of rotatable bonds is 2. The quantitative estimate of drug-likeness (QED) is 0.791. The molecule has 0 aromatic heterocycles. The van der Waals surface area contributed by atoms with E-state index in [1.165, 1.54) is 11.3 Å².